The summed E-state index contributed by atoms with van der Waals surface area (Å²) in [5, 5.41) is 7.19. The molecule has 0 saturated heterocycles. The normalized spacial score (nSPS) is 8.31. The van der Waals surface area contributed by atoms with Crippen LogP contribution in [0.2, 0.25) is 0 Å². The number of rotatable bonds is 0. The lowest BCUT2D eigenvalue weighted by molar-refractivity contribution is 0.205. The third kappa shape index (κ3) is 643. The van der Waals surface area contributed by atoms with E-state index in [2.05, 4.69) is 5.73 Å². The van der Waals surface area contributed by atoms with Crippen molar-refractivity contribution in [1.82, 2.24) is 0 Å². The van der Waals surface area contributed by atoms with E-state index in [1.54, 1.807) is 0 Å². The lowest BCUT2D eigenvalue weighted by Gasteiger charge is -2.06. The molecule has 0 heterocycles. The van der Waals surface area contributed by atoms with Gasteiger partial charge in [0, 0.05) is 5.54 Å². The zero-order valence-corrected chi connectivity index (χ0v) is 8.55. The van der Waals surface area contributed by atoms with E-state index >= 15 is 0 Å². The van der Waals surface area contributed by atoms with Crippen LogP contribution < -0.4 is 11.5 Å². The quantitative estimate of drug-likeness (QED) is 0.446. The van der Waals surface area contributed by atoms with E-state index in [1.807, 2.05) is 20.8 Å². The Hall–Kier alpha value is -1.15. The fourth-order valence-corrected chi connectivity index (χ4v) is 0. The topological polar surface area (TPSA) is 147 Å². The molecule has 0 aromatic carbocycles. The maximum absolute atomic E-state index is 8.78. The first-order valence-electron chi connectivity index (χ1n) is 3.04. The van der Waals surface area contributed by atoms with Gasteiger partial charge in [0.05, 0.1) is 0 Å². The summed E-state index contributed by atoms with van der Waals surface area (Å²) in [5.41, 5.74) is 9.38. The Morgan fingerprint density at radius 1 is 1.38 bits per heavy atom. The first kappa shape index (κ1) is 17.8. The zero-order valence-electron chi connectivity index (χ0n) is 7.73. The van der Waals surface area contributed by atoms with Crippen LogP contribution in [0.5, 0.6) is 0 Å². The second-order valence-electron chi connectivity index (χ2n) is 2.94. The maximum atomic E-state index is 8.78. The predicted octanol–water partition coefficient (Wildman–Crippen LogP) is -0.00543. The zero-order chi connectivity index (χ0) is 11.7. The summed E-state index contributed by atoms with van der Waals surface area (Å²) < 4.78 is 22.8. The fourth-order valence-electron chi connectivity index (χ4n) is 0. The van der Waals surface area contributed by atoms with Crippen LogP contribution >= 0.6 is 0 Å². The van der Waals surface area contributed by atoms with Crippen LogP contribution in [0, 0.1) is 4.78 Å². The van der Waals surface area contributed by atoms with Gasteiger partial charge in [-0.3, -0.25) is 0 Å². The number of amides is 1. The summed E-state index contributed by atoms with van der Waals surface area (Å²) in [6.07, 6.45) is -1.33. The molecular formula is C5H15N3O4S. The van der Waals surface area contributed by atoms with E-state index in [1.165, 1.54) is 0 Å². The van der Waals surface area contributed by atoms with Crippen LogP contribution in [-0.2, 0) is 10.5 Å². The molecule has 0 unspecified atom stereocenters. The van der Waals surface area contributed by atoms with E-state index in [9.17, 15) is 0 Å². The maximum Gasteiger partial charge on any atom is 0.402 e. The third-order valence-electron chi connectivity index (χ3n) is 0. The van der Waals surface area contributed by atoms with E-state index < -0.39 is 16.6 Å². The van der Waals surface area contributed by atoms with Gasteiger partial charge in [-0.15, -0.1) is 0 Å². The highest BCUT2D eigenvalue weighted by Crippen LogP contribution is 1.88. The van der Waals surface area contributed by atoms with Gasteiger partial charge >= 0.3 is 16.6 Å². The highest BCUT2D eigenvalue weighted by atomic mass is 32.2. The van der Waals surface area contributed by atoms with Crippen molar-refractivity contribution >= 4 is 16.6 Å². The SMILES string of the molecule is CC(C)(C)N.N=S(=O)=O.NC(=O)O. The van der Waals surface area contributed by atoms with Crippen LogP contribution in [-0.4, -0.2) is 25.2 Å². The smallest absolute Gasteiger partial charge is 0.402 e. The van der Waals surface area contributed by atoms with Gasteiger partial charge in [-0.05, 0) is 20.8 Å². The highest BCUT2D eigenvalue weighted by molar-refractivity contribution is 7.60. The summed E-state index contributed by atoms with van der Waals surface area (Å²) in [6.45, 7) is 5.90. The molecule has 13 heavy (non-hydrogen) atoms. The second-order valence-corrected chi connectivity index (χ2v) is 3.41. The van der Waals surface area contributed by atoms with Gasteiger partial charge < -0.3 is 16.6 Å². The largest absolute Gasteiger partial charge is 0.465 e. The van der Waals surface area contributed by atoms with Crippen molar-refractivity contribution in [2.45, 2.75) is 26.3 Å². The number of primary amides is 1. The Kier molecular flexibility index (Phi) is 12.3. The Labute approximate surface area is 78.2 Å². The van der Waals surface area contributed by atoms with Gasteiger partial charge in [-0.2, -0.15) is 13.2 Å². The monoisotopic (exact) mass is 213 g/mol. The lowest BCUT2D eigenvalue weighted by atomic mass is 10.1. The Balaban J connectivity index is -0.000000117. The number of hydrogen-bond donors (Lipinski definition) is 4. The first-order valence-corrected chi connectivity index (χ1v) is 4.12. The number of nitrogens with one attached hydrogen (secondary N) is 1. The minimum atomic E-state index is -2.61. The molecule has 0 bridgehead atoms. The Morgan fingerprint density at radius 2 is 1.38 bits per heavy atom. The summed E-state index contributed by atoms with van der Waals surface area (Å²) in [5.74, 6) is 0. The fraction of sp³-hybridized carbons (Fsp3) is 0.800. The predicted molar refractivity (Wildman–Crippen MR) is 47.8 cm³/mol. The van der Waals surface area contributed by atoms with Gasteiger partial charge in [0.1, 0.15) is 0 Å². The minimum Gasteiger partial charge on any atom is -0.465 e. The molecule has 0 radical (unpaired) electrons. The molecule has 0 aromatic heterocycles. The summed E-state index contributed by atoms with van der Waals surface area (Å²) in [7, 11) is -2.61. The van der Waals surface area contributed by atoms with E-state index in [-0.39, 0.29) is 5.54 Å². The van der Waals surface area contributed by atoms with Crippen LogP contribution in [0.15, 0.2) is 0 Å². The molecule has 0 atom stereocenters. The molecule has 0 aliphatic rings. The number of hydrogen-bond acceptors (Lipinski definition) is 5. The van der Waals surface area contributed by atoms with E-state index in [0.717, 1.165) is 0 Å². The van der Waals surface area contributed by atoms with Crippen LogP contribution in [0.25, 0.3) is 0 Å². The molecule has 80 valence electrons. The average molecular weight is 213 g/mol. The molecule has 0 rings (SSSR count). The number of carbonyl (C=O) groups is 1. The van der Waals surface area contributed by atoms with Crippen molar-refractivity contribution < 1.29 is 18.3 Å². The molecular weight excluding hydrogens is 198 g/mol. The molecule has 1 amide bonds. The first-order chi connectivity index (χ1) is 5.46. The molecule has 0 spiro atoms. The molecule has 7 nitrogen and oxygen atoms in total. The average Bonchev–Trinajstić information content (AvgIpc) is 1.50. The van der Waals surface area contributed by atoms with Crippen molar-refractivity contribution in [3.05, 3.63) is 0 Å². The Morgan fingerprint density at radius 3 is 1.38 bits per heavy atom. The van der Waals surface area contributed by atoms with Crippen molar-refractivity contribution in [3.8, 4) is 0 Å². The highest BCUT2D eigenvalue weighted by Gasteiger charge is 1.95. The van der Waals surface area contributed by atoms with Crippen LogP contribution in [0.3, 0.4) is 0 Å². The van der Waals surface area contributed by atoms with E-state index in [4.69, 9.17) is 28.8 Å². The number of carboxylic acid groups (broad SMARTS) is 1. The van der Waals surface area contributed by atoms with Crippen molar-refractivity contribution in [3.63, 3.8) is 0 Å². The lowest BCUT2D eigenvalue weighted by Crippen LogP contribution is -2.26. The molecule has 0 saturated carbocycles. The minimum absolute atomic E-state index is 0. The van der Waals surface area contributed by atoms with Gasteiger partial charge in [0.25, 0.3) is 0 Å². The summed E-state index contributed by atoms with van der Waals surface area (Å²) in [6, 6.07) is 0. The van der Waals surface area contributed by atoms with Crippen molar-refractivity contribution in [1.29, 1.82) is 4.78 Å². The van der Waals surface area contributed by atoms with Gasteiger partial charge in [0.2, 0.25) is 0 Å². The Bertz CT molecular complexity index is 209. The summed E-state index contributed by atoms with van der Waals surface area (Å²) in [4.78, 5) is 8.78. The van der Waals surface area contributed by atoms with E-state index in [0.29, 0.717) is 0 Å². The molecule has 0 fully saturated rings. The van der Waals surface area contributed by atoms with Gasteiger partial charge in [0.15, 0.2) is 0 Å². The third-order valence-corrected chi connectivity index (χ3v) is 0. The van der Waals surface area contributed by atoms with Crippen molar-refractivity contribution in [2.24, 2.45) is 11.5 Å². The van der Waals surface area contributed by atoms with Gasteiger partial charge in [-0.25, -0.2) is 4.79 Å². The molecule has 0 aromatic rings. The molecule has 6 N–H and O–H groups in total. The van der Waals surface area contributed by atoms with Gasteiger partial charge in [-0.1, -0.05) is 0 Å². The van der Waals surface area contributed by atoms with Crippen LogP contribution in [0.4, 0.5) is 4.79 Å². The molecule has 0 aliphatic heterocycles. The van der Waals surface area contributed by atoms with Crippen molar-refractivity contribution in [2.75, 3.05) is 0 Å². The van der Waals surface area contributed by atoms with Crippen LogP contribution in [0.1, 0.15) is 20.8 Å². The molecule has 0 aliphatic carbocycles. The standard InChI is InChI=1S/C4H11N.CH3NO2.HNO2S/c1-4(2,3)5;2-1(3)4;1-4(2)3/h5H2,1-3H3;2H2,(H,3,4);1H. The molecule has 8 heteroatoms. The second kappa shape index (κ2) is 8.94. The summed E-state index contributed by atoms with van der Waals surface area (Å²) >= 11 is 0. The number of nitrogens with two attached hydrogens (primary N) is 2.